The van der Waals surface area contributed by atoms with Crippen molar-refractivity contribution in [1.29, 1.82) is 0 Å². The molecular formula is C10H12N2OS. The summed E-state index contributed by atoms with van der Waals surface area (Å²) < 4.78 is 1.69. The Labute approximate surface area is 86.6 Å². The van der Waals surface area contributed by atoms with Crippen LogP contribution in [0.1, 0.15) is 22.9 Å². The Balaban J connectivity index is 2.33. The molecule has 1 N–H and O–H groups in total. The van der Waals surface area contributed by atoms with E-state index in [-0.39, 0.29) is 0 Å². The van der Waals surface area contributed by atoms with E-state index < -0.39 is 6.10 Å². The summed E-state index contributed by atoms with van der Waals surface area (Å²) in [5.41, 5.74) is 2.77. The quantitative estimate of drug-likeness (QED) is 0.818. The van der Waals surface area contributed by atoms with Crippen molar-refractivity contribution in [2.24, 2.45) is 7.05 Å². The molecule has 14 heavy (non-hydrogen) atoms. The van der Waals surface area contributed by atoms with Crippen LogP contribution in [-0.2, 0) is 7.05 Å². The number of aryl methyl sites for hydroxylation is 2. The molecule has 0 radical (unpaired) electrons. The van der Waals surface area contributed by atoms with Crippen LogP contribution in [0.25, 0.3) is 0 Å². The molecule has 2 aromatic rings. The first kappa shape index (κ1) is 9.43. The van der Waals surface area contributed by atoms with E-state index in [9.17, 15) is 5.11 Å². The van der Waals surface area contributed by atoms with Gasteiger partial charge in [-0.1, -0.05) is 0 Å². The first-order valence-electron chi connectivity index (χ1n) is 4.39. The van der Waals surface area contributed by atoms with Gasteiger partial charge in [0.05, 0.1) is 5.69 Å². The summed E-state index contributed by atoms with van der Waals surface area (Å²) in [6.07, 6.45) is 1.24. The van der Waals surface area contributed by atoms with Crippen molar-refractivity contribution in [1.82, 2.24) is 9.78 Å². The molecule has 0 aliphatic rings. The summed E-state index contributed by atoms with van der Waals surface area (Å²) in [4.78, 5) is 0. The Kier molecular flexibility index (Phi) is 2.39. The SMILES string of the molecule is Cc1cscc1C(O)c1ccn(C)n1. The first-order chi connectivity index (χ1) is 6.68. The van der Waals surface area contributed by atoms with Crippen molar-refractivity contribution in [3.63, 3.8) is 0 Å². The number of thiophene rings is 1. The second kappa shape index (κ2) is 3.55. The fraction of sp³-hybridized carbons (Fsp3) is 0.300. The Morgan fingerprint density at radius 2 is 2.29 bits per heavy atom. The highest BCUT2D eigenvalue weighted by molar-refractivity contribution is 7.08. The molecule has 0 aromatic carbocycles. The maximum atomic E-state index is 10.0. The molecule has 1 unspecified atom stereocenters. The molecular weight excluding hydrogens is 196 g/mol. The third kappa shape index (κ3) is 1.58. The van der Waals surface area contributed by atoms with E-state index in [4.69, 9.17) is 0 Å². The minimum atomic E-state index is -0.595. The van der Waals surface area contributed by atoms with Crippen molar-refractivity contribution < 1.29 is 5.11 Å². The zero-order chi connectivity index (χ0) is 10.1. The molecule has 3 nitrogen and oxygen atoms in total. The highest BCUT2D eigenvalue weighted by Gasteiger charge is 2.15. The van der Waals surface area contributed by atoms with Gasteiger partial charge in [-0.2, -0.15) is 16.4 Å². The van der Waals surface area contributed by atoms with Gasteiger partial charge in [-0.3, -0.25) is 4.68 Å². The lowest BCUT2D eigenvalue weighted by Gasteiger charge is -2.06. The van der Waals surface area contributed by atoms with Gasteiger partial charge in [0.2, 0.25) is 0 Å². The van der Waals surface area contributed by atoms with E-state index in [0.29, 0.717) is 5.69 Å². The Hall–Kier alpha value is -1.13. The average molecular weight is 208 g/mol. The number of hydrogen-bond acceptors (Lipinski definition) is 3. The maximum absolute atomic E-state index is 10.0. The fourth-order valence-corrected chi connectivity index (χ4v) is 2.26. The van der Waals surface area contributed by atoms with E-state index in [1.54, 1.807) is 16.0 Å². The maximum Gasteiger partial charge on any atom is 0.124 e. The Bertz CT molecular complexity index is 433. The Morgan fingerprint density at radius 1 is 1.50 bits per heavy atom. The first-order valence-corrected chi connectivity index (χ1v) is 5.33. The second-order valence-corrected chi connectivity index (χ2v) is 4.07. The summed E-state index contributed by atoms with van der Waals surface area (Å²) in [5.74, 6) is 0. The van der Waals surface area contributed by atoms with Crippen LogP contribution >= 0.6 is 11.3 Å². The highest BCUT2D eigenvalue weighted by Crippen LogP contribution is 2.25. The molecule has 0 saturated heterocycles. The molecule has 0 spiro atoms. The number of rotatable bonds is 2. The zero-order valence-corrected chi connectivity index (χ0v) is 8.95. The van der Waals surface area contributed by atoms with Crippen LogP contribution in [0.3, 0.4) is 0 Å². The molecule has 4 heteroatoms. The average Bonchev–Trinajstić information content (AvgIpc) is 2.73. The monoisotopic (exact) mass is 208 g/mol. The van der Waals surface area contributed by atoms with Crippen LogP contribution in [0, 0.1) is 6.92 Å². The Morgan fingerprint density at radius 3 is 2.79 bits per heavy atom. The van der Waals surface area contributed by atoms with Crippen molar-refractivity contribution in [2.45, 2.75) is 13.0 Å². The molecule has 0 fully saturated rings. The number of aliphatic hydroxyl groups excluding tert-OH is 1. The zero-order valence-electron chi connectivity index (χ0n) is 8.14. The standard InChI is InChI=1S/C10H12N2OS/c1-7-5-14-6-8(7)10(13)9-3-4-12(2)11-9/h3-6,10,13H,1-2H3. The smallest absolute Gasteiger partial charge is 0.124 e. The van der Waals surface area contributed by atoms with Crippen LogP contribution in [0.2, 0.25) is 0 Å². The van der Waals surface area contributed by atoms with Gasteiger partial charge >= 0.3 is 0 Å². The van der Waals surface area contributed by atoms with Crippen LogP contribution in [0.5, 0.6) is 0 Å². The van der Waals surface area contributed by atoms with Crippen LogP contribution in [0.15, 0.2) is 23.0 Å². The molecule has 0 aliphatic carbocycles. The van der Waals surface area contributed by atoms with Gasteiger partial charge < -0.3 is 5.11 Å². The molecule has 2 aromatic heterocycles. The third-order valence-corrected chi connectivity index (χ3v) is 3.08. The molecule has 74 valence electrons. The molecule has 2 rings (SSSR count). The molecule has 1 atom stereocenters. The minimum absolute atomic E-state index is 0.595. The summed E-state index contributed by atoms with van der Waals surface area (Å²) >= 11 is 1.60. The molecule has 0 bridgehead atoms. The van der Waals surface area contributed by atoms with Gasteiger partial charge in [0, 0.05) is 18.8 Å². The summed E-state index contributed by atoms with van der Waals surface area (Å²) in [7, 11) is 1.84. The van der Waals surface area contributed by atoms with Gasteiger partial charge in [0.1, 0.15) is 6.10 Å². The van der Waals surface area contributed by atoms with Gasteiger partial charge in [-0.15, -0.1) is 0 Å². The lowest BCUT2D eigenvalue weighted by molar-refractivity contribution is 0.214. The van der Waals surface area contributed by atoms with E-state index in [2.05, 4.69) is 5.10 Å². The van der Waals surface area contributed by atoms with Crippen molar-refractivity contribution in [3.8, 4) is 0 Å². The number of aliphatic hydroxyl groups is 1. The van der Waals surface area contributed by atoms with Crippen LogP contribution in [-0.4, -0.2) is 14.9 Å². The van der Waals surface area contributed by atoms with Crippen LogP contribution < -0.4 is 0 Å². The minimum Gasteiger partial charge on any atom is -0.382 e. The summed E-state index contributed by atoms with van der Waals surface area (Å²) in [6.45, 7) is 2.00. The summed E-state index contributed by atoms with van der Waals surface area (Å²) in [6, 6.07) is 1.84. The van der Waals surface area contributed by atoms with Crippen LogP contribution in [0.4, 0.5) is 0 Å². The van der Waals surface area contributed by atoms with Gasteiger partial charge in [0.15, 0.2) is 0 Å². The molecule has 0 saturated carbocycles. The van der Waals surface area contributed by atoms with Crippen molar-refractivity contribution >= 4 is 11.3 Å². The number of aromatic nitrogens is 2. The largest absolute Gasteiger partial charge is 0.382 e. The predicted molar refractivity (Wildman–Crippen MR) is 56.3 cm³/mol. The fourth-order valence-electron chi connectivity index (χ4n) is 1.39. The second-order valence-electron chi connectivity index (χ2n) is 3.33. The normalized spacial score (nSPS) is 13.1. The van der Waals surface area contributed by atoms with Crippen molar-refractivity contribution in [3.05, 3.63) is 39.8 Å². The predicted octanol–water partition coefficient (Wildman–Crippen LogP) is 1.87. The lowest BCUT2D eigenvalue weighted by Crippen LogP contribution is -2.01. The van der Waals surface area contributed by atoms with E-state index in [0.717, 1.165) is 11.1 Å². The lowest BCUT2D eigenvalue weighted by atomic mass is 10.1. The van der Waals surface area contributed by atoms with E-state index in [1.807, 2.05) is 37.0 Å². The number of nitrogens with zero attached hydrogens (tertiary/aromatic N) is 2. The number of hydrogen-bond donors (Lipinski definition) is 1. The van der Waals surface area contributed by atoms with Gasteiger partial charge in [-0.25, -0.2) is 0 Å². The van der Waals surface area contributed by atoms with Crippen molar-refractivity contribution in [2.75, 3.05) is 0 Å². The molecule has 0 aliphatic heterocycles. The van der Waals surface area contributed by atoms with Gasteiger partial charge in [0.25, 0.3) is 0 Å². The molecule has 0 amide bonds. The van der Waals surface area contributed by atoms with E-state index >= 15 is 0 Å². The third-order valence-electron chi connectivity index (χ3n) is 2.20. The van der Waals surface area contributed by atoms with E-state index in [1.165, 1.54) is 0 Å². The molecule has 2 heterocycles. The van der Waals surface area contributed by atoms with Gasteiger partial charge in [-0.05, 0) is 29.3 Å². The highest BCUT2D eigenvalue weighted by atomic mass is 32.1. The topological polar surface area (TPSA) is 38.0 Å². The summed E-state index contributed by atoms with van der Waals surface area (Å²) in [5, 5.41) is 18.2.